The number of amides is 1. The molecule has 1 aromatic heterocycles. The van der Waals surface area contributed by atoms with E-state index < -0.39 is 0 Å². The van der Waals surface area contributed by atoms with Crippen molar-refractivity contribution in [3.05, 3.63) is 48.3 Å². The minimum atomic E-state index is -0.00495. The lowest BCUT2D eigenvalue weighted by Crippen LogP contribution is -2.12. The molecule has 1 aromatic carbocycles. The molecule has 0 unspecified atom stereocenters. The van der Waals surface area contributed by atoms with Gasteiger partial charge in [0.15, 0.2) is 0 Å². The molecule has 112 valence electrons. The summed E-state index contributed by atoms with van der Waals surface area (Å²) in [5, 5.41) is 6.80. The van der Waals surface area contributed by atoms with Gasteiger partial charge in [0.05, 0.1) is 18.5 Å². The Morgan fingerprint density at radius 2 is 2.10 bits per heavy atom. The molecule has 2 aromatic rings. The lowest BCUT2D eigenvalue weighted by molar-refractivity contribution is -0.116. The Morgan fingerprint density at radius 1 is 1.29 bits per heavy atom. The van der Waals surface area contributed by atoms with E-state index in [0.29, 0.717) is 19.6 Å². The Morgan fingerprint density at radius 3 is 2.81 bits per heavy atom. The van der Waals surface area contributed by atoms with Gasteiger partial charge in [-0.15, -0.1) is 0 Å². The quantitative estimate of drug-likeness (QED) is 0.758. The lowest BCUT2D eigenvalue weighted by Gasteiger charge is -2.05. The zero-order valence-corrected chi connectivity index (χ0v) is 12.3. The Labute approximate surface area is 124 Å². The zero-order valence-electron chi connectivity index (χ0n) is 12.3. The predicted octanol–water partition coefficient (Wildman–Crippen LogP) is 2.40. The standard InChI is InChI=1S/C16H21N3O2/c1-19-13-15(12-17-19)18-16(20)8-5-10-21-11-9-14-6-3-2-4-7-14/h2-4,6-7,12-13H,5,8-11H2,1H3,(H,18,20). The highest BCUT2D eigenvalue weighted by Crippen LogP contribution is 2.05. The van der Waals surface area contributed by atoms with Crippen molar-refractivity contribution in [2.24, 2.45) is 7.05 Å². The van der Waals surface area contributed by atoms with Gasteiger partial charge in [0.25, 0.3) is 0 Å². The number of carbonyl (C=O) groups is 1. The second kappa shape index (κ2) is 8.21. The average Bonchev–Trinajstić information content (AvgIpc) is 2.89. The van der Waals surface area contributed by atoms with Crippen molar-refractivity contribution >= 4 is 11.6 Å². The summed E-state index contributed by atoms with van der Waals surface area (Å²) in [6.45, 7) is 1.29. The predicted molar refractivity (Wildman–Crippen MR) is 82.0 cm³/mol. The molecule has 5 nitrogen and oxygen atoms in total. The van der Waals surface area contributed by atoms with Crippen molar-refractivity contribution in [2.75, 3.05) is 18.5 Å². The molecule has 0 aliphatic carbocycles. The first-order valence-corrected chi connectivity index (χ1v) is 7.14. The number of aryl methyl sites for hydroxylation is 1. The molecule has 0 saturated carbocycles. The fourth-order valence-electron chi connectivity index (χ4n) is 1.98. The van der Waals surface area contributed by atoms with E-state index in [1.54, 1.807) is 17.1 Å². The largest absolute Gasteiger partial charge is 0.381 e. The van der Waals surface area contributed by atoms with Gasteiger partial charge >= 0.3 is 0 Å². The van der Waals surface area contributed by atoms with Crippen molar-refractivity contribution in [2.45, 2.75) is 19.3 Å². The van der Waals surface area contributed by atoms with Gasteiger partial charge in [-0.25, -0.2) is 0 Å². The smallest absolute Gasteiger partial charge is 0.224 e. The highest BCUT2D eigenvalue weighted by molar-refractivity contribution is 5.90. The summed E-state index contributed by atoms with van der Waals surface area (Å²) in [5.74, 6) is -0.00495. The van der Waals surface area contributed by atoms with Crippen molar-refractivity contribution < 1.29 is 9.53 Å². The molecule has 1 N–H and O–H groups in total. The Balaban J connectivity index is 1.52. The molecule has 0 aliphatic heterocycles. The average molecular weight is 287 g/mol. The van der Waals surface area contributed by atoms with Gasteiger partial charge < -0.3 is 10.1 Å². The first kappa shape index (κ1) is 15.3. The molecular formula is C16H21N3O2. The summed E-state index contributed by atoms with van der Waals surface area (Å²) >= 11 is 0. The van der Waals surface area contributed by atoms with Crippen LogP contribution in [0.4, 0.5) is 5.69 Å². The maximum Gasteiger partial charge on any atom is 0.224 e. The first-order valence-electron chi connectivity index (χ1n) is 7.14. The molecule has 2 rings (SSSR count). The van der Waals surface area contributed by atoms with Crippen molar-refractivity contribution in [3.8, 4) is 0 Å². The number of nitrogens with zero attached hydrogens (tertiary/aromatic N) is 2. The summed E-state index contributed by atoms with van der Waals surface area (Å²) < 4.78 is 7.20. The third-order valence-corrected chi connectivity index (χ3v) is 3.06. The van der Waals surface area contributed by atoms with Crippen LogP contribution in [0, 0.1) is 0 Å². The van der Waals surface area contributed by atoms with E-state index >= 15 is 0 Å². The zero-order chi connectivity index (χ0) is 14.9. The van der Waals surface area contributed by atoms with Gasteiger partial charge in [-0.1, -0.05) is 30.3 Å². The minimum absolute atomic E-state index is 0.00495. The van der Waals surface area contributed by atoms with Crippen LogP contribution in [-0.4, -0.2) is 28.9 Å². The van der Waals surface area contributed by atoms with Crippen LogP contribution in [0.3, 0.4) is 0 Å². The molecule has 5 heteroatoms. The number of aromatic nitrogens is 2. The summed E-state index contributed by atoms with van der Waals surface area (Å²) in [5.41, 5.74) is 2.00. The minimum Gasteiger partial charge on any atom is -0.381 e. The summed E-state index contributed by atoms with van der Waals surface area (Å²) in [6.07, 6.45) is 5.49. The Bertz CT molecular complexity index is 552. The topological polar surface area (TPSA) is 56.2 Å². The molecule has 0 radical (unpaired) electrons. The summed E-state index contributed by atoms with van der Waals surface area (Å²) in [7, 11) is 1.82. The molecule has 0 atom stereocenters. The SMILES string of the molecule is Cn1cc(NC(=O)CCCOCCc2ccccc2)cn1. The van der Waals surface area contributed by atoms with Gasteiger partial charge in [0.1, 0.15) is 0 Å². The molecule has 0 bridgehead atoms. The maximum atomic E-state index is 11.7. The highest BCUT2D eigenvalue weighted by atomic mass is 16.5. The number of hydrogen-bond acceptors (Lipinski definition) is 3. The van der Waals surface area contributed by atoms with Crippen LogP contribution in [0.2, 0.25) is 0 Å². The maximum absolute atomic E-state index is 11.7. The molecule has 0 saturated heterocycles. The second-order valence-electron chi connectivity index (χ2n) is 4.90. The van der Waals surface area contributed by atoms with Crippen molar-refractivity contribution in [3.63, 3.8) is 0 Å². The fourth-order valence-corrected chi connectivity index (χ4v) is 1.98. The van der Waals surface area contributed by atoms with E-state index in [9.17, 15) is 4.79 Å². The molecule has 0 fully saturated rings. The summed E-state index contributed by atoms with van der Waals surface area (Å²) in [6, 6.07) is 10.2. The second-order valence-corrected chi connectivity index (χ2v) is 4.90. The monoisotopic (exact) mass is 287 g/mol. The van der Waals surface area contributed by atoms with Crippen LogP contribution < -0.4 is 5.32 Å². The van der Waals surface area contributed by atoms with Gasteiger partial charge in [0, 0.05) is 26.3 Å². The molecule has 1 heterocycles. The van der Waals surface area contributed by atoms with E-state index in [1.165, 1.54) is 5.56 Å². The Hall–Kier alpha value is -2.14. The van der Waals surface area contributed by atoms with E-state index in [-0.39, 0.29) is 5.91 Å². The van der Waals surface area contributed by atoms with Crippen LogP contribution >= 0.6 is 0 Å². The van der Waals surface area contributed by atoms with Crippen molar-refractivity contribution in [1.82, 2.24) is 9.78 Å². The van der Waals surface area contributed by atoms with Crippen LogP contribution in [-0.2, 0) is 23.0 Å². The lowest BCUT2D eigenvalue weighted by atomic mass is 10.2. The number of nitrogens with one attached hydrogen (secondary N) is 1. The van der Waals surface area contributed by atoms with Gasteiger partial charge in [-0.05, 0) is 18.4 Å². The van der Waals surface area contributed by atoms with E-state index in [2.05, 4.69) is 22.5 Å². The molecule has 21 heavy (non-hydrogen) atoms. The van der Waals surface area contributed by atoms with E-state index in [1.807, 2.05) is 25.2 Å². The fraction of sp³-hybridized carbons (Fsp3) is 0.375. The third kappa shape index (κ3) is 5.79. The highest BCUT2D eigenvalue weighted by Gasteiger charge is 2.03. The number of hydrogen-bond donors (Lipinski definition) is 1. The van der Waals surface area contributed by atoms with Gasteiger partial charge in [-0.3, -0.25) is 9.48 Å². The number of ether oxygens (including phenoxy) is 1. The van der Waals surface area contributed by atoms with Crippen LogP contribution in [0.15, 0.2) is 42.7 Å². The van der Waals surface area contributed by atoms with E-state index in [0.717, 1.165) is 18.5 Å². The number of benzene rings is 1. The van der Waals surface area contributed by atoms with Gasteiger partial charge in [-0.2, -0.15) is 5.10 Å². The number of carbonyl (C=O) groups excluding carboxylic acids is 1. The first-order chi connectivity index (χ1) is 10.2. The molecule has 0 spiro atoms. The van der Waals surface area contributed by atoms with Crippen LogP contribution in [0.5, 0.6) is 0 Å². The molecule has 1 amide bonds. The molecule has 0 aliphatic rings. The Kier molecular flexibility index (Phi) is 5.97. The summed E-state index contributed by atoms with van der Waals surface area (Å²) in [4.78, 5) is 11.7. The van der Waals surface area contributed by atoms with Crippen LogP contribution in [0.25, 0.3) is 0 Å². The number of anilines is 1. The van der Waals surface area contributed by atoms with Gasteiger partial charge in [0.2, 0.25) is 5.91 Å². The normalized spacial score (nSPS) is 10.5. The number of rotatable bonds is 8. The van der Waals surface area contributed by atoms with Crippen LogP contribution in [0.1, 0.15) is 18.4 Å². The molecular weight excluding hydrogens is 266 g/mol. The van der Waals surface area contributed by atoms with E-state index in [4.69, 9.17) is 4.74 Å². The van der Waals surface area contributed by atoms with Crippen molar-refractivity contribution in [1.29, 1.82) is 0 Å². The third-order valence-electron chi connectivity index (χ3n) is 3.06.